The minimum absolute atomic E-state index is 0.145. The van der Waals surface area contributed by atoms with Gasteiger partial charge in [0, 0.05) is 6.04 Å². The summed E-state index contributed by atoms with van der Waals surface area (Å²) in [6, 6.07) is 0.553. The number of hydrogen-bond acceptors (Lipinski definition) is 3. The van der Waals surface area contributed by atoms with E-state index in [2.05, 4.69) is 46.5 Å². The molecule has 0 aliphatic heterocycles. The lowest BCUT2D eigenvalue weighted by Crippen LogP contribution is -2.25. The number of nitrogens with zero attached hydrogens (tertiary/aromatic N) is 4. The van der Waals surface area contributed by atoms with Gasteiger partial charge in [0.15, 0.2) is 0 Å². The summed E-state index contributed by atoms with van der Waals surface area (Å²) in [6.45, 7) is 0.446. The molecule has 0 N–H and O–H groups in total. The van der Waals surface area contributed by atoms with E-state index in [0.29, 0.717) is 21.5 Å². The van der Waals surface area contributed by atoms with Crippen LogP contribution in [0.1, 0.15) is 24.6 Å². The Morgan fingerprint density at radius 3 is 2.83 bits per heavy atom. The minimum atomic E-state index is -0.145. The van der Waals surface area contributed by atoms with Crippen LogP contribution in [-0.4, -0.2) is 19.3 Å². The third-order valence-corrected chi connectivity index (χ3v) is 4.84. The van der Waals surface area contributed by atoms with Crippen molar-refractivity contribution < 1.29 is 0 Å². The molecule has 1 saturated carbocycles. The highest BCUT2D eigenvalue weighted by Gasteiger charge is 2.25. The molecular weight excluding hydrogens is 364 g/mol. The number of imidazole rings is 1. The standard InChI is InChI=1S/C11H10Br2N4O/c12-9-4-15-17(11(18)10(9)13)5-8-3-14-6-16(8)7-1-2-7/h3-4,6-7H,1-2,5H2. The molecule has 0 bridgehead atoms. The van der Waals surface area contributed by atoms with E-state index in [-0.39, 0.29) is 5.56 Å². The van der Waals surface area contributed by atoms with E-state index in [1.165, 1.54) is 17.5 Å². The average molecular weight is 374 g/mol. The molecule has 3 rings (SSSR count). The Kier molecular flexibility index (Phi) is 3.11. The molecule has 0 aromatic carbocycles. The highest BCUT2D eigenvalue weighted by molar-refractivity contribution is 9.13. The maximum atomic E-state index is 12.0. The van der Waals surface area contributed by atoms with Gasteiger partial charge in [-0.1, -0.05) is 0 Å². The zero-order valence-corrected chi connectivity index (χ0v) is 12.6. The van der Waals surface area contributed by atoms with Gasteiger partial charge in [0.05, 0.1) is 35.4 Å². The van der Waals surface area contributed by atoms with Crippen molar-refractivity contribution in [2.45, 2.75) is 25.4 Å². The fourth-order valence-electron chi connectivity index (χ4n) is 1.85. The Morgan fingerprint density at radius 1 is 1.33 bits per heavy atom. The molecule has 0 spiro atoms. The van der Waals surface area contributed by atoms with Crippen LogP contribution in [0.3, 0.4) is 0 Å². The van der Waals surface area contributed by atoms with E-state index in [4.69, 9.17) is 0 Å². The topological polar surface area (TPSA) is 52.7 Å². The van der Waals surface area contributed by atoms with Crippen LogP contribution in [0, 0.1) is 0 Å². The van der Waals surface area contributed by atoms with Crippen molar-refractivity contribution in [3.63, 3.8) is 0 Å². The van der Waals surface area contributed by atoms with E-state index >= 15 is 0 Å². The van der Waals surface area contributed by atoms with Crippen molar-refractivity contribution in [2.75, 3.05) is 0 Å². The zero-order chi connectivity index (χ0) is 12.7. The Hall–Kier alpha value is -0.950. The molecule has 1 aliphatic rings. The van der Waals surface area contributed by atoms with Crippen LogP contribution in [0.4, 0.5) is 0 Å². The molecule has 0 amide bonds. The number of hydrogen-bond donors (Lipinski definition) is 0. The van der Waals surface area contributed by atoms with Crippen LogP contribution >= 0.6 is 31.9 Å². The molecular formula is C11H10Br2N4O. The number of rotatable bonds is 3. The van der Waals surface area contributed by atoms with E-state index < -0.39 is 0 Å². The van der Waals surface area contributed by atoms with Crippen LogP contribution in [0.5, 0.6) is 0 Å². The van der Waals surface area contributed by atoms with Crippen molar-refractivity contribution in [3.8, 4) is 0 Å². The van der Waals surface area contributed by atoms with Crippen LogP contribution in [0.25, 0.3) is 0 Å². The lowest BCUT2D eigenvalue weighted by atomic mass is 10.4. The molecule has 2 heterocycles. The maximum absolute atomic E-state index is 12.0. The lowest BCUT2D eigenvalue weighted by Gasteiger charge is -2.08. The van der Waals surface area contributed by atoms with Crippen molar-refractivity contribution in [1.29, 1.82) is 0 Å². The van der Waals surface area contributed by atoms with Gasteiger partial charge >= 0.3 is 0 Å². The fraction of sp³-hybridized carbons (Fsp3) is 0.364. The predicted molar refractivity (Wildman–Crippen MR) is 73.5 cm³/mol. The Morgan fingerprint density at radius 2 is 2.11 bits per heavy atom. The summed E-state index contributed by atoms with van der Waals surface area (Å²) in [4.78, 5) is 16.2. The molecule has 7 heteroatoms. The summed E-state index contributed by atoms with van der Waals surface area (Å²) in [5.74, 6) is 0. The Balaban J connectivity index is 1.95. The van der Waals surface area contributed by atoms with E-state index in [1.807, 2.05) is 6.33 Å². The van der Waals surface area contributed by atoms with Gasteiger partial charge in [0.25, 0.3) is 5.56 Å². The normalized spacial score (nSPS) is 15.0. The monoisotopic (exact) mass is 372 g/mol. The summed E-state index contributed by atoms with van der Waals surface area (Å²) in [6.07, 6.45) is 7.61. The second-order valence-corrected chi connectivity index (χ2v) is 5.94. The summed E-state index contributed by atoms with van der Waals surface area (Å²) in [5.41, 5.74) is 0.870. The minimum Gasteiger partial charge on any atom is -0.330 e. The van der Waals surface area contributed by atoms with Crippen LogP contribution in [-0.2, 0) is 6.54 Å². The summed E-state index contributed by atoms with van der Waals surface area (Å²) >= 11 is 6.52. The van der Waals surface area contributed by atoms with Gasteiger partial charge in [0.1, 0.15) is 4.47 Å². The molecule has 1 aliphatic carbocycles. The first-order chi connectivity index (χ1) is 8.66. The summed E-state index contributed by atoms with van der Waals surface area (Å²) in [7, 11) is 0. The summed E-state index contributed by atoms with van der Waals surface area (Å²) in [5, 5.41) is 4.12. The smallest absolute Gasteiger partial charge is 0.282 e. The van der Waals surface area contributed by atoms with Crippen LogP contribution in [0.2, 0.25) is 0 Å². The molecule has 0 saturated heterocycles. The van der Waals surface area contributed by atoms with Gasteiger partial charge in [0.2, 0.25) is 0 Å². The Bertz CT molecular complexity index is 645. The zero-order valence-electron chi connectivity index (χ0n) is 9.38. The Labute approximate surface area is 120 Å². The van der Waals surface area contributed by atoms with Gasteiger partial charge < -0.3 is 4.57 Å². The highest BCUT2D eigenvalue weighted by atomic mass is 79.9. The molecule has 18 heavy (non-hydrogen) atoms. The van der Waals surface area contributed by atoms with Crippen LogP contribution in [0.15, 0.2) is 32.5 Å². The maximum Gasteiger partial charge on any atom is 0.282 e. The van der Waals surface area contributed by atoms with E-state index in [9.17, 15) is 4.79 Å². The van der Waals surface area contributed by atoms with Gasteiger partial charge in [-0.3, -0.25) is 4.79 Å². The SMILES string of the molecule is O=c1c(Br)c(Br)cnn1Cc1cncn1C1CC1. The van der Waals surface area contributed by atoms with Crippen LogP contribution < -0.4 is 5.56 Å². The second kappa shape index (κ2) is 4.62. The summed E-state index contributed by atoms with van der Waals surface area (Å²) < 4.78 is 4.73. The van der Waals surface area contributed by atoms with Gasteiger partial charge in [-0.2, -0.15) is 5.10 Å². The largest absolute Gasteiger partial charge is 0.330 e. The number of aromatic nitrogens is 4. The average Bonchev–Trinajstić information content (AvgIpc) is 3.11. The van der Waals surface area contributed by atoms with Gasteiger partial charge in [-0.05, 0) is 44.7 Å². The third-order valence-electron chi connectivity index (χ3n) is 2.94. The van der Waals surface area contributed by atoms with Gasteiger partial charge in [-0.25, -0.2) is 9.67 Å². The highest BCUT2D eigenvalue weighted by Crippen LogP contribution is 2.35. The molecule has 0 unspecified atom stereocenters. The lowest BCUT2D eigenvalue weighted by molar-refractivity contribution is 0.585. The fourth-order valence-corrected chi connectivity index (χ4v) is 2.42. The third kappa shape index (κ3) is 2.16. The molecule has 0 atom stereocenters. The first kappa shape index (κ1) is 12.1. The van der Waals surface area contributed by atoms with Gasteiger partial charge in [-0.15, -0.1) is 0 Å². The molecule has 1 fully saturated rings. The molecule has 2 aromatic heterocycles. The first-order valence-corrected chi connectivity index (χ1v) is 7.17. The van der Waals surface area contributed by atoms with Crippen molar-refractivity contribution in [3.05, 3.63) is 43.7 Å². The van der Waals surface area contributed by atoms with E-state index in [0.717, 1.165) is 5.69 Å². The molecule has 0 radical (unpaired) electrons. The molecule has 2 aromatic rings. The number of halogens is 2. The first-order valence-electron chi connectivity index (χ1n) is 5.58. The molecule has 5 nitrogen and oxygen atoms in total. The quantitative estimate of drug-likeness (QED) is 0.829. The molecule has 94 valence electrons. The van der Waals surface area contributed by atoms with E-state index in [1.54, 1.807) is 12.4 Å². The van der Waals surface area contributed by atoms with Crippen molar-refractivity contribution >= 4 is 31.9 Å². The van der Waals surface area contributed by atoms with Crippen molar-refractivity contribution in [1.82, 2.24) is 19.3 Å². The second-order valence-electron chi connectivity index (χ2n) is 4.29. The predicted octanol–water partition coefficient (Wildman–Crippen LogP) is 2.35. The van der Waals surface area contributed by atoms with Crippen molar-refractivity contribution in [2.24, 2.45) is 0 Å².